The van der Waals surface area contributed by atoms with Gasteiger partial charge in [0, 0.05) is 10.2 Å². The second-order valence-electron chi connectivity index (χ2n) is 6.88. The van der Waals surface area contributed by atoms with E-state index in [0.29, 0.717) is 12.3 Å². The number of benzene rings is 3. The first-order valence-electron chi connectivity index (χ1n) is 9.35. The molecular formula is C23H20BrI2N3O2. The van der Waals surface area contributed by atoms with Crippen LogP contribution in [-0.2, 0) is 6.61 Å². The van der Waals surface area contributed by atoms with Gasteiger partial charge in [0.1, 0.15) is 12.4 Å². The predicted octanol–water partition coefficient (Wildman–Crippen LogP) is 7.01. The van der Waals surface area contributed by atoms with Crippen molar-refractivity contribution < 1.29 is 9.53 Å². The van der Waals surface area contributed by atoms with Crippen molar-refractivity contribution in [3.63, 3.8) is 0 Å². The molecule has 0 unspecified atom stereocenters. The smallest absolute Gasteiger partial charge is 0.339 e. The quantitative estimate of drug-likeness (QED) is 0.165. The molecule has 2 amide bonds. The van der Waals surface area contributed by atoms with Crippen molar-refractivity contribution >= 4 is 79.0 Å². The van der Waals surface area contributed by atoms with Gasteiger partial charge >= 0.3 is 6.03 Å². The molecule has 3 aromatic carbocycles. The van der Waals surface area contributed by atoms with E-state index in [0.717, 1.165) is 34.1 Å². The lowest BCUT2D eigenvalue weighted by atomic mass is 10.1. The van der Waals surface area contributed by atoms with Crippen molar-refractivity contribution in [2.75, 3.05) is 5.32 Å². The maximum atomic E-state index is 12.1. The third-order valence-corrected chi connectivity index (χ3v) is 6.77. The number of carbonyl (C=O) groups is 1. The molecular weight excluding hydrogens is 684 g/mol. The van der Waals surface area contributed by atoms with Crippen LogP contribution in [0.25, 0.3) is 0 Å². The van der Waals surface area contributed by atoms with Crippen LogP contribution >= 0.6 is 61.1 Å². The molecule has 0 aliphatic carbocycles. The molecule has 8 heteroatoms. The molecule has 5 nitrogen and oxygen atoms in total. The molecule has 0 fully saturated rings. The molecule has 0 aliphatic rings. The summed E-state index contributed by atoms with van der Waals surface area (Å²) in [4.78, 5) is 12.1. The molecule has 0 aliphatic heterocycles. The molecule has 0 radical (unpaired) electrons. The van der Waals surface area contributed by atoms with Crippen molar-refractivity contribution in [2.24, 2.45) is 5.10 Å². The number of nitrogens with one attached hydrogen (secondary N) is 2. The van der Waals surface area contributed by atoms with E-state index in [1.165, 1.54) is 5.56 Å². The third-order valence-electron chi connectivity index (χ3n) is 4.28. The van der Waals surface area contributed by atoms with Gasteiger partial charge < -0.3 is 10.1 Å². The predicted molar refractivity (Wildman–Crippen MR) is 146 cm³/mol. The minimum atomic E-state index is -0.402. The Morgan fingerprint density at radius 3 is 2.52 bits per heavy atom. The Bertz CT molecular complexity index is 1110. The number of rotatable bonds is 6. The standard InChI is InChI=1S/C23H20BrI2N3O2/c1-14-4-3-5-16(8-14)13-31-22-20(25)10-17(11-21(22)26)12-27-29-23(30)28-18-6-7-19(24)15(2)9-18/h3-12H,13H2,1-2H3,(H2,28,29,30)/b27-12+. The van der Waals surface area contributed by atoms with Gasteiger partial charge in [0.05, 0.1) is 13.4 Å². The van der Waals surface area contributed by atoms with Crippen molar-refractivity contribution in [3.05, 3.63) is 88.5 Å². The number of ether oxygens (including phenoxy) is 1. The zero-order valence-corrected chi connectivity index (χ0v) is 22.8. The van der Waals surface area contributed by atoms with Crippen LogP contribution in [-0.4, -0.2) is 12.2 Å². The molecule has 0 saturated carbocycles. The first-order valence-corrected chi connectivity index (χ1v) is 12.3. The summed E-state index contributed by atoms with van der Waals surface area (Å²) in [6, 6.07) is 17.4. The first kappa shape index (κ1) is 24.0. The highest BCUT2D eigenvalue weighted by Crippen LogP contribution is 2.29. The molecule has 0 saturated heterocycles. The Morgan fingerprint density at radius 1 is 1.10 bits per heavy atom. The minimum Gasteiger partial charge on any atom is -0.487 e. The van der Waals surface area contributed by atoms with Crippen molar-refractivity contribution in [3.8, 4) is 5.75 Å². The van der Waals surface area contributed by atoms with Crippen LogP contribution < -0.4 is 15.5 Å². The summed E-state index contributed by atoms with van der Waals surface area (Å²) in [6.07, 6.45) is 1.61. The average Bonchev–Trinajstić information content (AvgIpc) is 2.70. The van der Waals surface area contributed by atoms with Crippen LogP contribution in [0.4, 0.5) is 10.5 Å². The first-order chi connectivity index (χ1) is 14.8. The highest BCUT2D eigenvalue weighted by molar-refractivity contribution is 14.1. The normalized spacial score (nSPS) is 10.9. The van der Waals surface area contributed by atoms with E-state index < -0.39 is 6.03 Å². The Balaban J connectivity index is 1.59. The van der Waals surface area contributed by atoms with Crippen LogP contribution in [0.1, 0.15) is 22.3 Å². The number of carbonyl (C=O) groups excluding carboxylic acids is 1. The Morgan fingerprint density at radius 2 is 1.84 bits per heavy atom. The van der Waals surface area contributed by atoms with E-state index in [1.807, 2.05) is 43.3 Å². The molecule has 3 rings (SSSR count). The summed E-state index contributed by atoms with van der Waals surface area (Å²) in [5, 5.41) is 6.81. The van der Waals surface area contributed by atoms with Gasteiger partial charge in [-0.1, -0.05) is 45.8 Å². The fourth-order valence-electron chi connectivity index (χ4n) is 2.80. The summed E-state index contributed by atoms with van der Waals surface area (Å²) in [7, 11) is 0. The number of halogens is 3. The van der Waals surface area contributed by atoms with E-state index in [1.54, 1.807) is 6.21 Å². The van der Waals surface area contributed by atoms with Gasteiger partial charge in [0.25, 0.3) is 0 Å². The number of anilines is 1. The topological polar surface area (TPSA) is 62.7 Å². The molecule has 0 heterocycles. The fraction of sp³-hybridized carbons (Fsp3) is 0.130. The number of hydrazone groups is 1. The van der Waals surface area contributed by atoms with Gasteiger partial charge in [0.15, 0.2) is 0 Å². The van der Waals surface area contributed by atoms with Crippen molar-refractivity contribution in [1.29, 1.82) is 0 Å². The largest absolute Gasteiger partial charge is 0.487 e. The van der Waals surface area contributed by atoms with Crippen LogP contribution in [0.2, 0.25) is 0 Å². The lowest BCUT2D eigenvalue weighted by Crippen LogP contribution is -2.24. The van der Waals surface area contributed by atoms with Crippen LogP contribution in [0.3, 0.4) is 0 Å². The average molecular weight is 704 g/mol. The van der Waals surface area contributed by atoms with Crippen molar-refractivity contribution in [1.82, 2.24) is 5.43 Å². The van der Waals surface area contributed by atoms with Crippen molar-refractivity contribution in [2.45, 2.75) is 20.5 Å². The third kappa shape index (κ3) is 7.18. The highest BCUT2D eigenvalue weighted by Gasteiger charge is 2.09. The van der Waals surface area contributed by atoms with Crippen LogP contribution in [0.5, 0.6) is 5.75 Å². The van der Waals surface area contributed by atoms with E-state index in [9.17, 15) is 4.79 Å². The number of amides is 2. The maximum Gasteiger partial charge on any atom is 0.339 e. The van der Waals surface area contributed by atoms with Gasteiger partial charge in [-0.25, -0.2) is 10.2 Å². The summed E-state index contributed by atoms with van der Waals surface area (Å²) < 4.78 is 9.00. The van der Waals surface area contributed by atoms with Crippen LogP contribution in [0, 0.1) is 21.0 Å². The van der Waals surface area contributed by atoms with Gasteiger partial charge in [-0.2, -0.15) is 5.10 Å². The van der Waals surface area contributed by atoms with Gasteiger partial charge in [-0.3, -0.25) is 0 Å². The SMILES string of the molecule is Cc1cccc(COc2c(I)cc(/C=N/NC(=O)Nc3ccc(Br)c(C)c3)cc2I)c1. The maximum absolute atomic E-state index is 12.1. The Hall–Kier alpha value is -1.66. The molecule has 3 aromatic rings. The van der Waals surface area contributed by atoms with Crippen LogP contribution in [0.15, 0.2) is 64.2 Å². The summed E-state index contributed by atoms with van der Waals surface area (Å²) >= 11 is 7.95. The summed E-state index contributed by atoms with van der Waals surface area (Å²) in [6.45, 7) is 4.54. The molecule has 0 spiro atoms. The fourth-order valence-corrected chi connectivity index (χ4v) is 5.17. The van der Waals surface area contributed by atoms with Gasteiger partial charge in [0.2, 0.25) is 0 Å². The number of nitrogens with zero attached hydrogens (tertiary/aromatic N) is 1. The highest BCUT2D eigenvalue weighted by atomic mass is 127. The van der Waals surface area contributed by atoms with E-state index in [-0.39, 0.29) is 0 Å². The molecule has 0 atom stereocenters. The summed E-state index contributed by atoms with van der Waals surface area (Å²) in [5.74, 6) is 0.844. The molecule has 2 N–H and O–H groups in total. The molecule has 0 bridgehead atoms. The molecule has 160 valence electrons. The monoisotopic (exact) mass is 703 g/mol. The van der Waals surface area contributed by atoms with Gasteiger partial charge in [-0.05, 0) is 106 Å². The number of hydrogen-bond acceptors (Lipinski definition) is 3. The lowest BCUT2D eigenvalue weighted by molar-refractivity contribution is 0.252. The van der Waals surface area contributed by atoms with Gasteiger partial charge in [-0.15, -0.1) is 0 Å². The number of hydrogen-bond donors (Lipinski definition) is 2. The second-order valence-corrected chi connectivity index (χ2v) is 10.1. The van der Waals surface area contributed by atoms with E-state index >= 15 is 0 Å². The molecule has 31 heavy (non-hydrogen) atoms. The van der Waals surface area contributed by atoms with E-state index in [4.69, 9.17) is 4.74 Å². The molecule has 0 aromatic heterocycles. The number of urea groups is 1. The zero-order valence-electron chi connectivity index (χ0n) is 16.9. The minimum absolute atomic E-state index is 0.402. The summed E-state index contributed by atoms with van der Waals surface area (Å²) in [5.41, 5.74) is 7.45. The van der Waals surface area contributed by atoms with E-state index in [2.05, 4.69) is 102 Å². The second kappa shape index (κ2) is 11.3. The Labute approximate surface area is 217 Å². The lowest BCUT2D eigenvalue weighted by Gasteiger charge is -2.12. The number of aryl methyl sites for hydroxylation is 2. The zero-order chi connectivity index (χ0) is 22.4. The Kier molecular flexibility index (Phi) is 8.73.